The Bertz CT molecular complexity index is 2100. The van der Waals surface area contributed by atoms with Gasteiger partial charge >= 0.3 is 0 Å². The Morgan fingerprint density at radius 3 is 2.14 bits per heavy atom. The SMILES string of the molecule is c1ccc(-n2c3ccccc3c3cnc4c5ncccc5n(-c5ccc6ccccc6c5)c4c32)cc1. The summed E-state index contributed by atoms with van der Waals surface area (Å²) in [6.07, 6.45) is 3.86. The van der Waals surface area contributed by atoms with Gasteiger partial charge in [0, 0.05) is 34.5 Å². The third-order valence-electron chi connectivity index (χ3n) is 7.17. The normalized spacial score (nSPS) is 11.9. The average Bonchev–Trinajstić information content (AvgIpc) is 3.46. The third-order valence-corrected chi connectivity index (χ3v) is 7.17. The second-order valence-corrected chi connectivity index (χ2v) is 9.14. The van der Waals surface area contributed by atoms with Crippen LogP contribution < -0.4 is 0 Å². The molecule has 0 saturated heterocycles. The summed E-state index contributed by atoms with van der Waals surface area (Å²) in [6, 6.07) is 38.4. The molecule has 8 rings (SSSR count). The molecule has 0 spiro atoms. The zero-order valence-electron chi connectivity index (χ0n) is 19.3. The van der Waals surface area contributed by atoms with E-state index < -0.39 is 0 Å². The number of hydrogen-bond acceptors (Lipinski definition) is 2. The maximum Gasteiger partial charge on any atom is 0.117 e. The number of nitrogens with zero attached hydrogens (tertiary/aromatic N) is 4. The second kappa shape index (κ2) is 7.27. The molecule has 0 bridgehead atoms. The molecule has 0 atom stereocenters. The smallest absolute Gasteiger partial charge is 0.117 e. The van der Waals surface area contributed by atoms with Crippen molar-refractivity contribution >= 4 is 54.6 Å². The fourth-order valence-corrected chi connectivity index (χ4v) is 5.63. The van der Waals surface area contributed by atoms with Crippen LogP contribution in [0.25, 0.3) is 66.0 Å². The minimum Gasteiger partial charge on any atom is -0.307 e. The van der Waals surface area contributed by atoms with E-state index in [-0.39, 0.29) is 0 Å². The quantitative estimate of drug-likeness (QED) is 0.264. The van der Waals surface area contributed by atoms with E-state index in [1.54, 1.807) is 0 Å². The first-order valence-electron chi connectivity index (χ1n) is 12.1. The van der Waals surface area contributed by atoms with Crippen LogP contribution in [0, 0.1) is 0 Å². The van der Waals surface area contributed by atoms with Crippen molar-refractivity contribution < 1.29 is 0 Å². The number of aromatic nitrogens is 4. The van der Waals surface area contributed by atoms with Gasteiger partial charge < -0.3 is 9.13 Å². The summed E-state index contributed by atoms with van der Waals surface area (Å²) in [7, 11) is 0. The highest BCUT2D eigenvalue weighted by atomic mass is 15.1. The highest BCUT2D eigenvalue weighted by molar-refractivity contribution is 6.21. The van der Waals surface area contributed by atoms with Gasteiger partial charge in [0.2, 0.25) is 0 Å². The molecule has 0 aliphatic carbocycles. The lowest BCUT2D eigenvalue weighted by molar-refractivity contribution is 1.15. The lowest BCUT2D eigenvalue weighted by atomic mass is 10.1. The number of fused-ring (bicyclic) bond motifs is 8. The van der Waals surface area contributed by atoms with Crippen LogP contribution in [0.1, 0.15) is 0 Å². The molecule has 4 aromatic heterocycles. The molecule has 0 N–H and O–H groups in total. The molecule has 4 heterocycles. The number of pyridine rings is 2. The molecular formula is C32H20N4. The molecule has 4 heteroatoms. The first-order valence-corrected chi connectivity index (χ1v) is 12.1. The molecule has 0 saturated carbocycles. The second-order valence-electron chi connectivity index (χ2n) is 9.14. The Hall–Kier alpha value is -4.96. The van der Waals surface area contributed by atoms with E-state index in [4.69, 9.17) is 9.97 Å². The van der Waals surface area contributed by atoms with Gasteiger partial charge in [-0.2, -0.15) is 0 Å². The van der Waals surface area contributed by atoms with Crippen LogP contribution in [0.2, 0.25) is 0 Å². The summed E-state index contributed by atoms with van der Waals surface area (Å²) < 4.78 is 4.70. The van der Waals surface area contributed by atoms with E-state index in [1.807, 2.05) is 18.5 Å². The largest absolute Gasteiger partial charge is 0.307 e. The zero-order valence-corrected chi connectivity index (χ0v) is 19.3. The van der Waals surface area contributed by atoms with Crippen molar-refractivity contribution in [3.05, 3.63) is 122 Å². The van der Waals surface area contributed by atoms with Crippen molar-refractivity contribution in [1.82, 2.24) is 19.1 Å². The Morgan fingerprint density at radius 2 is 1.22 bits per heavy atom. The molecule has 0 fully saturated rings. The van der Waals surface area contributed by atoms with E-state index in [2.05, 4.69) is 112 Å². The van der Waals surface area contributed by atoms with Crippen molar-refractivity contribution in [2.75, 3.05) is 0 Å². The molecule has 0 unspecified atom stereocenters. The standard InChI is InChI=1S/C32H20N4/c1-2-11-23(12-3-1)35-27-14-7-6-13-25(27)26-20-34-30-29-28(15-8-18-33-29)36(32(30)31(26)35)24-17-16-21-9-4-5-10-22(21)19-24/h1-20H. The van der Waals surface area contributed by atoms with Crippen LogP contribution in [0.3, 0.4) is 0 Å². The van der Waals surface area contributed by atoms with Crippen LogP contribution in [-0.4, -0.2) is 19.1 Å². The topological polar surface area (TPSA) is 35.6 Å². The number of para-hydroxylation sites is 2. The lowest BCUT2D eigenvalue weighted by Gasteiger charge is -2.12. The lowest BCUT2D eigenvalue weighted by Crippen LogP contribution is -1.99. The van der Waals surface area contributed by atoms with Crippen molar-refractivity contribution in [1.29, 1.82) is 0 Å². The third kappa shape index (κ3) is 2.58. The summed E-state index contributed by atoms with van der Waals surface area (Å²) in [5, 5.41) is 4.75. The predicted molar refractivity (Wildman–Crippen MR) is 148 cm³/mol. The highest BCUT2D eigenvalue weighted by Crippen LogP contribution is 2.40. The molecule has 0 aliphatic heterocycles. The van der Waals surface area contributed by atoms with Gasteiger partial charge in [0.15, 0.2) is 0 Å². The fraction of sp³-hybridized carbons (Fsp3) is 0. The molecule has 0 radical (unpaired) electrons. The van der Waals surface area contributed by atoms with Crippen LogP contribution in [0.15, 0.2) is 122 Å². The van der Waals surface area contributed by atoms with Gasteiger partial charge in [-0.05, 0) is 53.2 Å². The first kappa shape index (κ1) is 19.4. The van der Waals surface area contributed by atoms with E-state index in [1.165, 1.54) is 16.2 Å². The van der Waals surface area contributed by atoms with E-state index in [9.17, 15) is 0 Å². The number of rotatable bonds is 2. The molecule has 8 aromatic rings. The molecule has 4 nitrogen and oxygen atoms in total. The van der Waals surface area contributed by atoms with Gasteiger partial charge in [-0.15, -0.1) is 0 Å². The van der Waals surface area contributed by atoms with Gasteiger partial charge in [-0.1, -0.05) is 66.7 Å². The monoisotopic (exact) mass is 460 g/mol. The fourth-order valence-electron chi connectivity index (χ4n) is 5.63. The van der Waals surface area contributed by atoms with E-state index in [0.29, 0.717) is 0 Å². The molecule has 168 valence electrons. The molecule has 36 heavy (non-hydrogen) atoms. The first-order chi connectivity index (χ1) is 17.9. The average molecular weight is 461 g/mol. The van der Waals surface area contributed by atoms with Gasteiger partial charge in [-0.3, -0.25) is 9.97 Å². The molecule has 0 amide bonds. The molecule has 4 aromatic carbocycles. The van der Waals surface area contributed by atoms with Crippen molar-refractivity contribution in [2.45, 2.75) is 0 Å². The minimum atomic E-state index is 0.909. The summed E-state index contributed by atoms with van der Waals surface area (Å²) in [6.45, 7) is 0. The Labute approximate surface area is 206 Å². The summed E-state index contributed by atoms with van der Waals surface area (Å²) in [4.78, 5) is 9.79. The molecular weight excluding hydrogens is 440 g/mol. The minimum absolute atomic E-state index is 0.909. The van der Waals surface area contributed by atoms with Crippen LogP contribution >= 0.6 is 0 Å². The summed E-state index contributed by atoms with van der Waals surface area (Å²) in [5.74, 6) is 0. The van der Waals surface area contributed by atoms with Gasteiger partial charge in [0.25, 0.3) is 0 Å². The van der Waals surface area contributed by atoms with E-state index >= 15 is 0 Å². The number of benzene rings is 4. The van der Waals surface area contributed by atoms with Gasteiger partial charge in [0.1, 0.15) is 11.0 Å². The summed E-state index contributed by atoms with van der Waals surface area (Å²) in [5.41, 5.74) is 8.46. The summed E-state index contributed by atoms with van der Waals surface area (Å²) >= 11 is 0. The maximum atomic E-state index is 5.01. The Morgan fingerprint density at radius 1 is 0.472 bits per heavy atom. The zero-order chi connectivity index (χ0) is 23.6. The van der Waals surface area contributed by atoms with Crippen LogP contribution in [0.4, 0.5) is 0 Å². The van der Waals surface area contributed by atoms with Gasteiger partial charge in [0.05, 0.1) is 22.1 Å². The number of hydrogen-bond donors (Lipinski definition) is 0. The molecule has 0 aliphatic rings. The van der Waals surface area contributed by atoms with Gasteiger partial charge in [-0.25, -0.2) is 0 Å². The highest BCUT2D eigenvalue weighted by Gasteiger charge is 2.22. The van der Waals surface area contributed by atoms with E-state index in [0.717, 1.165) is 49.9 Å². The Balaban J connectivity index is 1.64. The van der Waals surface area contributed by atoms with Crippen molar-refractivity contribution in [2.24, 2.45) is 0 Å². The Kier molecular flexibility index (Phi) is 3.91. The van der Waals surface area contributed by atoms with Crippen LogP contribution in [0.5, 0.6) is 0 Å². The van der Waals surface area contributed by atoms with Crippen molar-refractivity contribution in [3.63, 3.8) is 0 Å². The maximum absolute atomic E-state index is 5.01. The van der Waals surface area contributed by atoms with Crippen molar-refractivity contribution in [3.8, 4) is 11.4 Å². The van der Waals surface area contributed by atoms with Crippen LogP contribution in [-0.2, 0) is 0 Å². The predicted octanol–water partition coefficient (Wildman–Crippen LogP) is 7.82.